The summed E-state index contributed by atoms with van der Waals surface area (Å²) in [6, 6.07) is 5.88. The smallest absolute Gasteiger partial charge is 0.184 e. The molecule has 6 heteroatoms. The highest BCUT2D eigenvalue weighted by molar-refractivity contribution is 5.72. The molecule has 1 aromatic heterocycles. The summed E-state index contributed by atoms with van der Waals surface area (Å²) >= 11 is 0. The van der Waals surface area contributed by atoms with Gasteiger partial charge in [-0.3, -0.25) is 0 Å². The van der Waals surface area contributed by atoms with Gasteiger partial charge in [0.2, 0.25) is 0 Å². The number of nitrogens with two attached hydrogens (primary N) is 1. The standard InChI is InChI=1S/C14H19N5O/c1-10-4-5-12(15)11(8-10)13-16-17-18-19(13)9-14(20-2)6-3-7-14/h4-5,8H,3,6-7,9,15H2,1-2H3. The Balaban J connectivity index is 1.96. The molecule has 0 amide bonds. The highest BCUT2D eigenvalue weighted by Crippen LogP contribution is 2.37. The monoisotopic (exact) mass is 273 g/mol. The SMILES string of the molecule is COC1(Cn2nnnc2-c2cc(C)ccc2N)CCC1. The van der Waals surface area contributed by atoms with Crippen LogP contribution in [0.3, 0.4) is 0 Å². The van der Waals surface area contributed by atoms with Crippen molar-refractivity contribution in [3.8, 4) is 11.4 Å². The van der Waals surface area contributed by atoms with Crippen LogP contribution < -0.4 is 5.73 Å². The Morgan fingerprint density at radius 2 is 2.20 bits per heavy atom. The summed E-state index contributed by atoms with van der Waals surface area (Å²) in [6.45, 7) is 2.69. The molecule has 20 heavy (non-hydrogen) atoms. The molecular formula is C14H19N5O. The molecule has 0 aliphatic heterocycles. The fourth-order valence-corrected chi connectivity index (χ4v) is 2.64. The predicted octanol–water partition coefficient (Wildman–Crippen LogP) is 1.80. The van der Waals surface area contributed by atoms with Gasteiger partial charge in [-0.15, -0.1) is 5.10 Å². The van der Waals surface area contributed by atoms with Crippen LogP contribution in [0.1, 0.15) is 24.8 Å². The summed E-state index contributed by atoms with van der Waals surface area (Å²) in [5, 5.41) is 12.0. The maximum Gasteiger partial charge on any atom is 0.184 e. The van der Waals surface area contributed by atoms with Gasteiger partial charge in [0.05, 0.1) is 12.1 Å². The fourth-order valence-electron chi connectivity index (χ4n) is 2.64. The minimum absolute atomic E-state index is 0.122. The van der Waals surface area contributed by atoms with Crippen molar-refractivity contribution in [1.29, 1.82) is 0 Å². The molecule has 0 atom stereocenters. The zero-order chi connectivity index (χ0) is 14.2. The van der Waals surface area contributed by atoms with E-state index in [1.165, 1.54) is 6.42 Å². The van der Waals surface area contributed by atoms with Gasteiger partial charge >= 0.3 is 0 Å². The van der Waals surface area contributed by atoms with Crippen LogP contribution in [0.25, 0.3) is 11.4 Å². The van der Waals surface area contributed by atoms with Crippen LogP contribution in [-0.4, -0.2) is 32.9 Å². The second kappa shape index (κ2) is 4.86. The molecule has 0 radical (unpaired) electrons. The van der Waals surface area contributed by atoms with Crippen LogP contribution in [0, 0.1) is 6.92 Å². The van der Waals surface area contributed by atoms with Crippen LogP contribution in [0.2, 0.25) is 0 Å². The third kappa shape index (κ3) is 2.16. The zero-order valence-electron chi connectivity index (χ0n) is 11.8. The van der Waals surface area contributed by atoms with Crippen molar-refractivity contribution in [1.82, 2.24) is 20.2 Å². The lowest BCUT2D eigenvalue weighted by molar-refractivity contribution is -0.0855. The number of ether oxygens (including phenoxy) is 1. The Morgan fingerprint density at radius 1 is 1.40 bits per heavy atom. The van der Waals surface area contributed by atoms with Gasteiger partial charge in [-0.1, -0.05) is 11.6 Å². The topological polar surface area (TPSA) is 78.8 Å². The highest BCUT2D eigenvalue weighted by atomic mass is 16.5. The Hall–Kier alpha value is -1.95. The van der Waals surface area contributed by atoms with Gasteiger partial charge in [0.1, 0.15) is 0 Å². The van der Waals surface area contributed by atoms with E-state index in [1.54, 1.807) is 11.8 Å². The summed E-state index contributed by atoms with van der Waals surface area (Å²) in [5.74, 6) is 0.703. The fraction of sp³-hybridized carbons (Fsp3) is 0.500. The summed E-state index contributed by atoms with van der Waals surface area (Å²) in [6.07, 6.45) is 3.29. The van der Waals surface area contributed by atoms with Crippen molar-refractivity contribution in [2.75, 3.05) is 12.8 Å². The van der Waals surface area contributed by atoms with Gasteiger partial charge in [-0.05, 0) is 48.7 Å². The normalized spacial score (nSPS) is 16.9. The number of anilines is 1. The Bertz CT molecular complexity index is 612. The van der Waals surface area contributed by atoms with Gasteiger partial charge < -0.3 is 10.5 Å². The van der Waals surface area contributed by atoms with E-state index >= 15 is 0 Å². The van der Waals surface area contributed by atoms with Crippen LogP contribution in [0.5, 0.6) is 0 Å². The molecule has 2 N–H and O–H groups in total. The molecule has 1 heterocycles. The lowest BCUT2D eigenvalue weighted by Crippen LogP contribution is -2.43. The second-order valence-electron chi connectivity index (χ2n) is 5.49. The van der Waals surface area contributed by atoms with E-state index in [2.05, 4.69) is 15.5 Å². The average molecular weight is 273 g/mol. The van der Waals surface area contributed by atoms with Crippen molar-refractivity contribution in [3.05, 3.63) is 23.8 Å². The molecule has 1 aliphatic rings. The zero-order valence-corrected chi connectivity index (χ0v) is 11.8. The molecule has 1 saturated carbocycles. The van der Waals surface area contributed by atoms with Crippen LogP contribution in [0.4, 0.5) is 5.69 Å². The first-order valence-electron chi connectivity index (χ1n) is 6.81. The molecule has 0 spiro atoms. The molecule has 0 bridgehead atoms. The number of benzene rings is 1. The first-order valence-corrected chi connectivity index (χ1v) is 6.81. The summed E-state index contributed by atoms with van der Waals surface area (Å²) in [7, 11) is 1.75. The number of aromatic nitrogens is 4. The second-order valence-corrected chi connectivity index (χ2v) is 5.49. The van der Waals surface area contributed by atoms with Gasteiger partial charge in [0.15, 0.2) is 5.82 Å². The van der Waals surface area contributed by atoms with E-state index in [0.29, 0.717) is 18.1 Å². The number of rotatable bonds is 4. The average Bonchev–Trinajstić information content (AvgIpc) is 2.84. The minimum Gasteiger partial charge on any atom is -0.398 e. The Kier molecular flexibility index (Phi) is 3.17. The van der Waals surface area contributed by atoms with Crippen LogP contribution >= 0.6 is 0 Å². The van der Waals surface area contributed by atoms with Gasteiger partial charge in [0, 0.05) is 18.4 Å². The maximum atomic E-state index is 6.05. The quantitative estimate of drug-likeness (QED) is 0.859. The van der Waals surface area contributed by atoms with Crippen molar-refractivity contribution < 1.29 is 4.74 Å². The van der Waals surface area contributed by atoms with Crippen molar-refractivity contribution in [2.45, 2.75) is 38.3 Å². The summed E-state index contributed by atoms with van der Waals surface area (Å²) < 4.78 is 7.44. The van der Waals surface area contributed by atoms with E-state index < -0.39 is 0 Å². The summed E-state index contributed by atoms with van der Waals surface area (Å²) in [5.41, 5.74) is 8.63. The van der Waals surface area contributed by atoms with Crippen molar-refractivity contribution in [2.24, 2.45) is 0 Å². The molecule has 0 saturated heterocycles. The van der Waals surface area contributed by atoms with E-state index in [0.717, 1.165) is 24.0 Å². The third-order valence-corrected chi connectivity index (χ3v) is 4.12. The largest absolute Gasteiger partial charge is 0.398 e. The first kappa shape index (κ1) is 13.1. The number of methoxy groups -OCH3 is 1. The van der Waals surface area contributed by atoms with E-state index in [4.69, 9.17) is 10.5 Å². The van der Waals surface area contributed by atoms with Crippen molar-refractivity contribution in [3.63, 3.8) is 0 Å². The van der Waals surface area contributed by atoms with E-state index in [-0.39, 0.29) is 5.60 Å². The molecule has 0 unspecified atom stereocenters. The molecule has 2 aromatic rings. The first-order chi connectivity index (χ1) is 9.63. The van der Waals surface area contributed by atoms with E-state index in [9.17, 15) is 0 Å². The van der Waals surface area contributed by atoms with Crippen molar-refractivity contribution >= 4 is 5.69 Å². The Labute approximate surface area is 117 Å². The Morgan fingerprint density at radius 3 is 2.85 bits per heavy atom. The molecule has 6 nitrogen and oxygen atoms in total. The maximum absolute atomic E-state index is 6.05. The van der Waals surface area contributed by atoms with Gasteiger partial charge in [-0.2, -0.15) is 0 Å². The number of tetrazole rings is 1. The van der Waals surface area contributed by atoms with Crippen LogP contribution in [0.15, 0.2) is 18.2 Å². The number of hydrogen-bond donors (Lipinski definition) is 1. The number of aryl methyl sites for hydroxylation is 1. The molecular weight excluding hydrogens is 254 g/mol. The minimum atomic E-state index is -0.122. The summed E-state index contributed by atoms with van der Waals surface area (Å²) in [4.78, 5) is 0. The highest BCUT2D eigenvalue weighted by Gasteiger charge is 2.38. The molecule has 1 aliphatic carbocycles. The molecule has 106 valence electrons. The van der Waals surface area contributed by atoms with Gasteiger partial charge in [-0.25, -0.2) is 4.68 Å². The predicted molar refractivity (Wildman–Crippen MR) is 76.0 cm³/mol. The number of nitrogens with zero attached hydrogens (tertiary/aromatic N) is 4. The molecule has 1 aromatic carbocycles. The third-order valence-electron chi connectivity index (χ3n) is 4.12. The molecule has 1 fully saturated rings. The number of nitrogen functional groups attached to an aromatic ring is 1. The van der Waals surface area contributed by atoms with Gasteiger partial charge in [0.25, 0.3) is 0 Å². The lowest BCUT2D eigenvalue weighted by Gasteiger charge is -2.40. The van der Waals surface area contributed by atoms with E-state index in [1.807, 2.05) is 25.1 Å². The lowest BCUT2D eigenvalue weighted by atomic mass is 9.80. The molecule has 3 rings (SSSR count). The number of hydrogen-bond acceptors (Lipinski definition) is 5. The van der Waals surface area contributed by atoms with Crippen LogP contribution in [-0.2, 0) is 11.3 Å².